The third-order valence-corrected chi connectivity index (χ3v) is 5.74. The fourth-order valence-corrected chi connectivity index (χ4v) is 4.40. The number of hydrogen-bond acceptors (Lipinski definition) is 6. The molecule has 1 atom stereocenters. The number of piperidine rings is 1. The molecule has 4 rings (SSSR count). The molecule has 8 heteroatoms. The van der Waals surface area contributed by atoms with Crippen molar-refractivity contribution in [2.24, 2.45) is 0 Å². The lowest BCUT2D eigenvalue weighted by atomic mass is 9.91. The largest absolute Gasteiger partial charge is 0.342 e. The van der Waals surface area contributed by atoms with Gasteiger partial charge in [0.25, 0.3) is 5.56 Å². The number of nitrogens with zero attached hydrogens (tertiary/aromatic N) is 3. The molecule has 24 heavy (non-hydrogen) atoms. The Hall–Kier alpha value is -2.22. The third-order valence-electron chi connectivity index (χ3n) is 4.69. The van der Waals surface area contributed by atoms with Gasteiger partial charge in [-0.25, -0.2) is 4.98 Å². The molecule has 2 aromatic rings. The van der Waals surface area contributed by atoms with E-state index in [9.17, 15) is 9.59 Å². The first-order chi connectivity index (χ1) is 11.6. The number of aryl methyl sites for hydroxylation is 1. The summed E-state index contributed by atoms with van der Waals surface area (Å²) in [5, 5.41) is 2.78. The molecule has 0 radical (unpaired) electrons. The summed E-state index contributed by atoms with van der Waals surface area (Å²) in [7, 11) is 0. The Morgan fingerprint density at radius 2 is 2.04 bits per heavy atom. The fourth-order valence-electron chi connectivity index (χ4n) is 3.48. The topological polar surface area (TPSA) is 91.0 Å². The maximum atomic E-state index is 12.8. The summed E-state index contributed by atoms with van der Waals surface area (Å²) in [6, 6.07) is 0. The SMILES string of the molecule is Cc1ncsc1C1CC(=O)Nc2nc(N3CCCCC3)[nH]c(=O)c21. The highest BCUT2D eigenvalue weighted by Gasteiger charge is 2.33. The summed E-state index contributed by atoms with van der Waals surface area (Å²) in [6.45, 7) is 3.67. The minimum absolute atomic E-state index is 0.108. The van der Waals surface area contributed by atoms with Gasteiger partial charge >= 0.3 is 0 Å². The highest BCUT2D eigenvalue weighted by atomic mass is 32.1. The van der Waals surface area contributed by atoms with Crippen LogP contribution in [0, 0.1) is 6.92 Å². The first-order valence-corrected chi connectivity index (χ1v) is 9.10. The number of carbonyl (C=O) groups is 1. The van der Waals surface area contributed by atoms with Crippen molar-refractivity contribution in [2.45, 2.75) is 38.5 Å². The van der Waals surface area contributed by atoms with Crippen molar-refractivity contribution >= 4 is 29.0 Å². The molecule has 0 spiro atoms. The van der Waals surface area contributed by atoms with E-state index in [-0.39, 0.29) is 23.8 Å². The van der Waals surface area contributed by atoms with Gasteiger partial charge in [-0.15, -0.1) is 11.3 Å². The molecule has 2 aliphatic heterocycles. The Bertz CT molecular complexity index is 837. The molecule has 1 amide bonds. The van der Waals surface area contributed by atoms with E-state index in [4.69, 9.17) is 0 Å². The molecule has 0 bridgehead atoms. The predicted octanol–water partition coefficient (Wildman–Crippen LogP) is 2.00. The van der Waals surface area contributed by atoms with Gasteiger partial charge in [-0.3, -0.25) is 14.6 Å². The van der Waals surface area contributed by atoms with E-state index in [1.807, 2.05) is 6.92 Å². The van der Waals surface area contributed by atoms with Gasteiger partial charge in [0.2, 0.25) is 11.9 Å². The Balaban J connectivity index is 1.79. The monoisotopic (exact) mass is 345 g/mol. The van der Waals surface area contributed by atoms with Crippen molar-refractivity contribution in [3.05, 3.63) is 32.0 Å². The van der Waals surface area contributed by atoms with Crippen molar-refractivity contribution in [3.8, 4) is 0 Å². The van der Waals surface area contributed by atoms with Crippen molar-refractivity contribution in [3.63, 3.8) is 0 Å². The second-order valence-corrected chi connectivity index (χ2v) is 7.19. The number of carbonyl (C=O) groups excluding carboxylic acids is 1. The van der Waals surface area contributed by atoms with Crippen LogP contribution < -0.4 is 15.8 Å². The fraction of sp³-hybridized carbons (Fsp3) is 0.500. The van der Waals surface area contributed by atoms with Gasteiger partial charge in [-0.05, 0) is 26.2 Å². The van der Waals surface area contributed by atoms with Crippen LogP contribution in [0.2, 0.25) is 0 Å². The molecule has 1 fully saturated rings. The van der Waals surface area contributed by atoms with Gasteiger partial charge in [0, 0.05) is 30.3 Å². The van der Waals surface area contributed by atoms with E-state index in [2.05, 4.69) is 25.2 Å². The average Bonchev–Trinajstić information content (AvgIpc) is 3.00. The normalized spacial score (nSPS) is 20.6. The maximum absolute atomic E-state index is 12.8. The molecular weight excluding hydrogens is 326 g/mol. The van der Waals surface area contributed by atoms with Crippen LogP contribution in [0.1, 0.15) is 47.7 Å². The van der Waals surface area contributed by atoms with E-state index < -0.39 is 0 Å². The maximum Gasteiger partial charge on any atom is 0.258 e. The summed E-state index contributed by atoms with van der Waals surface area (Å²) in [5.41, 5.74) is 2.99. The van der Waals surface area contributed by atoms with Crippen LogP contribution in [0.3, 0.4) is 0 Å². The molecule has 2 aromatic heterocycles. The zero-order valence-corrected chi connectivity index (χ0v) is 14.3. The Morgan fingerprint density at radius 1 is 1.25 bits per heavy atom. The van der Waals surface area contributed by atoms with Gasteiger partial charge in [0.05, 0.1) is 16.8 Å². The van der Waals surface area contributed by atoms with Crippen LogP contribution in [0.5, 0.6) is 0 Å². The minimum Gasteiger partial charge on any atom is -0.342 e. The zero-order valence-electron chi connectivity index (χ0n) is 13.5. The predicted molar refractivity (Wildman–Crippen MR) is 92.9 cm³/mol. The lowest BCUT2D eigenvalue weighted by molar-refractivity contribution is -0.116. The van der Waals surface area contributed by atoms with E-state index in [0.717, 1.165) is 36.5 Å². The van der Waals surface area contributed by atoms with E-state index in [0.29, 0.717) is 17.3 Å². The van der Waals surface area contributed by atoms with Crippen LogP contribution in [0.4, 0.5) is 11.8 Å². The summed E-state index contributed by atoms with van der Waals surface area (Å²) in [5.74, 6) is 0.574. The Morgan fingerprint density at radius 3 is 2.75 bits per heavy atom. The number of amides is 1. The quantitative estimate of drug-likeness (QED) is 0.869. The molecule has 2 N–H and O–H groups in total. The minimum atomic E-state index is -0.270. The number of fused-ring (bicyclic) bond motifs is 1. The van der Waals surface area contributed by atoms with E-state index in [1.54, 1.807) is 5.51 Å². The zero-order chi connectivity index (χ0) is 16.7. The molecule has 126 valence electrons. The first-order valence-electron chi connectivity index (χ1n) is 8.22. The molecule has 2 aliphatic rings. The second-order valence-electron chi connectivity index (χ2n) is 6.31. The van der Waals surface area contributed by atoms with Crippen LogP contribution in [0.15, 0.2) is 10.3 Å². The number of anilines is 2. The summed E-state index contributed by atoms with van der Waals surface area (Å²) >= 11 is 1.48. The standard InChI is InChI=1S/C16H19N5O2S/c1-9-13(24-8-17-9)10-7-11(22)18-14-12(10)15(23)20-16(19-14)21-5-3-2-4-6-21/h8,10H,2-7H2,1H3,(H2,18,19,20,22,23). The lowest BCUT2D eigenvalue weighted by Gasteiger charge is -2.29. The number of hydrogen-bond donors (Lipinski definition) is 2. The van der Waals surface area contributed by atoms with Crippen LogP contribution in [-0.4, -0.2) is 33.9 Å². The summed E-state index contributed by atoms with van der Waals surface area (Å²) in [6.07, 6.45) is 3.64. The Kier molecular flexibility index (Phi) is 3.84. The van der Waals surface area contributed by atoms with Crippen LogP contribution in [0.25, 0.3) is 0 Å². The number of nitrogens with one attached hydrogen (secondary N) is 2. The molecule has 0 aliphatic carbocycles. The lowest BCUT2D eigenvalue weighted by Crippen LogP contribution is -2.36. The van der Waals surface area contributed by atoms with Crippen LogP contribution >= 0.6 is 11.3 Å². The number of H-pyrrole nitrogens is 1. The smallest absolute Gasteiger partial charge is 0.258 e. The highest BCUT2D eigenvalue weighted by Crippen LogP contribution is 2.37. The van der Waals surface area contributed by atoms with Crippen molar-refractivity contribution < 1.29 is 4.79 Å². The van der Waals surface area contributed by atoms with Crippen molar-refractivity contribution in [1.29, 1.82) is 0 Å². The number of aromatic amines is 1. The molecule has 4 heterocycles. The van der Waals surface area contributed by atoms with E-state index in [1.165, 1.54) is 17.8 Å². The van der Waals surface area contributed by atoms with Gasteiger partial charge in [0.1, 0.15) is 5.82 Å². The first kappa shape index (κ1) is 15.3. The molecule has 1 saturated heterocycles. The molecule has 0 aromatic carbocycles. The van der Waals surface area contributed by atoms with Crippen LogP contribution in [-0.2, 0) is 4.79 Å². The van der Waals surface area contributed by atoms with Gasteiger partial charge in [-0.1, -0.05) is 0 Å². The summed E-state index contributed by atoms with van der Waals surface area (Å²) in [4.78, 5) is 39.7. The van der Waals surface area contributed by atoms with Crippen molar-refractivity contribution in [2.75, 3.05) is 23.3 Å². The van der Waals surface area contributed by atoms with E-state index >= 15 is 0 Å². The number of aromatic nitrogens is 3. The molecule has 7 nitrogen and oxygen atoms in total. The third kappa shape index (κ3) is 2.60. The number of thiazole rings is 1. The highest BCUT2D eigenvalue weighted by molar-refractivity contribution is 7.09. The van der Waals surface area contributed by atoms with Gasteiger partial charge in [-0.2, -0.15) is 4.98 Å². The average molecular weight is 345 g/mol. The summed E-state index contributed by atoms with van der Waals surface area (Å²) < 4.78 is 0. The second kappa shape index (κ2) is 6.01. The Labute approximate surface area is 143 Å². The molecule has 1 unspecified atom stereocenters. The molecule has 0 saturated carbocycles. The number of rotatable bonds is 2. The molecular formula is C16H19N5O2S. The van der Waals surface area contributed by atoms with Gasteiger partial charge in [0.15, 0.2) is 0 Å². The van der Waals surface area contributed by atoms with Crippen molar-refractivity contribution in [1.82, 2.24) is 15.0 Å². The van der Waals surface area contributed by atoms with Gasteiger partial charge < -0.3 is 10.2 Å².